The van der Waals surface area contributed by atoms with Gasteiger partial charge in [0.05, 0.1) is 0 Å². The van der Waals surface area contributed by atoms with Crippen molar-refractivity contribution in [1.82, 2.24) is 5.32 Å². The topological polar surface area (TPSA) is 29.1 Å². The van der Waals surface area contributed by atoms with Crippen molar-refractivity contribution in [3.63, 3.8) is 0 Å². The number of carbonyl (C=O) groups excluding carboxylic acids is 1. The Bertz CT molecular complexity index is 265. The van der Waals surface area contributed by atoms with Gasteiger partial charge in [-0.2, -0.15) is 22.0 Å². The van der Waals surface area contributed by atoms with Crippen molar-refractivity contribution >= 4 is 5.91 Å². The van der Waals surface area contributed by atoms with E-state index in [1.165, 1.54) is 0 Å². The highest BCUT2D eigenvalue weighted by Crippen LogP contribution is 2.35. The molecular formula is C11H18F5NO. The van der Waals surface area contributed by atoms with Crippen LogP contribution in [-0.4, -0.2) is 24.6 Å². The monoisotopic (exact) mass is 275 g/mol. The van der Waals surface area contributed by atoms with Crippen LogP contribution < -0.4 is 5.32 Å². The van der Waals surface area contributed by atoms with E-state index in [-0.39, 0.29) is 12.5 Å². The molecule has 0 heterocycles. The van der Waals surface area contributed by atoms with Gasteiger partial charge in [0.25, 0.3) is 5.91 Å². The molecule has 2 nitrogen and oxygen atoms in total. The van der Waals surface area contributed by atoms with Crippen LogP contribution in [0.3, 0.4) is 0 Å². The number of unbranched alkanes of at least 4 members (excludes halogenated alkanes) is 1. The quantitative estimate of drug-likeness (QED) is 0.708. The second kappa shape index (κ2) is 6.89. The maximum Gasteiger partial charge on any atom is 0.463 e. The minimum absolute atomic E-state index is 0.0714. The summed E-state index contributed by atoms with van der Waals surface area (Å²) in [6.07, 6.45) is -2.77. The lowest BCUT2D eigenvalue weighted by atomic mass is 9.99. The third-order valence-electron chi connectivity index (χ3n) is 2.74. The fourth-order valence-corrected chi connectivity index (χ4v) is 1.42. The van der Waals surface area contributed by atoms with E-state index in [1.54, 1.807) is 12.2 Å². The molecule has 1 unspecified atom stereocenters. The predicted octanol–water partition coefficient (Wildman–Crippen LogP) is 3.52. The molecule has 1 atom stereocenters. The summed E-state index contributed by atoms with van der Waals surface area (Å²) in [5, 5.41) is 1.68. The Kier molecular flexibility index (Phi) is 6.56. The first kappa shape index (κ1) is 17.1. The van der Waals surface area contributed by atoms with Gasteiger partial charge in [-0.3, -0.25) is 4.79 Å². The van der Waals surface area contributed by atoms with E-state index in [9.17, 15) is 26.7 Å². The average molecular weight is 275 g/mol. The van der Waals surface area contributed by atoms with Crippen LogP contribution in [0.4, 0.5) is 22.0 Å². The molecule has 108 valence electrons. The zero-order valence-corrected chi connectivity index (χ0v) is 10.4. The Morgan fingerprint density at radius 2 is 1.72 bits per heavy atom. The van der Waals surface area contributed by atoms with Crippen LogP contribution in [0.1, 0.15) is 39.5 Å². The minimum atomic E-state index is -5.85. The second-order valence-corrected chi connectivity index (χ2v) is 4.20. The van der Waals surface area contributed by atoms with Crippen molar-refractivity contribution in [1.29, 1.82) is 0 Å². The van der Waals surface area contributed by atoms with Crippen LogP contribution in [0, 0.1) is 5.92 Å². The van der Waals surface area contributed by atoms with Gasteiger partial charge in [-0.15, -0.1) is 0 Å². The average Bonchev–Trinajstić information content (AvgIpc) is 2.27. The maximum absolute atomic E-state index is 12.6. The Morgan fingerprint density at radius 3 is 2.11 bits per heavy atom. The summed E-state index contributed by atoms with van der Waals surface area (Å²) in [6, 6.07) is 0. The Hall–Kier alpha value is -0.880. The van der Waals surface area contributed by atoms with Crippen LogP contribution in [0.25, 0.3) is 0 Å². The fraction of sp³-hybridized carbons (Fsp3) is 0.909. The Labute approximate surface area is 103 Å². The summed E-state index contributed by atoms with van der Waals surface area (Å²) in [7, 11) is 0. The van der Waals surface area contributed by atoms with E-state index in [4.69, 9.17) is 0 Å². The molecule has 0 aliphatic heterocycles. The van der Waals surface area contributed by atoms with Crippen LogP contribution in [0.15, 0.2) is 0 Å². The summed E-state index contributed by atoms with van der Waals surface area (Å²) in [4.78, 5) is 10.8. The van der Waals surface area contributed by atoms with Gasteiger partial charge in [0.15, 0.2) is 0 Å². The lowest BCUT2D eigenvalue weighted by Crippen LogP contribution is -2.51. The summed E-state index contributed by atoms with van der Waals surface area (Å²) in [5.74, 6) is -7.67. The van der Waals surface area contributed by atoms with E-state index < -0.39 is 18.0 Å². The lowest BCUT2D eigenvalue weighted by Gasteiger charge is -2.21. The van der Waals surface area contributed by atoms with Gasteiger partial charge in [0.2, 0.25) is 0 Å². The number of halogens is 5. The van der Waals surface area contributed by atoms with E-state index in [1.807, 2.05) is 6.92 Å². The molecule has 0 bridgehead atoms. The van der Waals surface area contributed by atoms with Gasteiger partial charge >= 0.3 is 12.1 Å². The summed E-state index contributed by atoms with van der Waals surface area (Å²) >= 11 is 0. The van der Waals surface area contributed by atoms with Gasteiger partial charge in [-0.1, -0.05) is 33.1 Å². The molecule has 0 rings (SSSR count). The molecule has 7 heteroatoms. The standard InChI is InChI=1S/C11H18F5NO/c1-3-5-6-8(4-2)7-17-9(18)10(12,13)11(14,15)16/h8H,3-7H2,1-2H3,(H,17,18). The van der Waals surface area contributed by atoms with Gasteiger partial charge < -0.3 is 5.32 Å². The SMILES string of the molecule is CCCCC(CC)CNC(=O)C(F)(F)C(F)(F)F. The zero-order valence-electron chi connectivity index (χ0n) is 10.4. The Balaban J connectivity index is 4.32. The first-order valence-corrected chi connectivity index (χ1v) is 5.89. The Morgan fingerprint density at radius 1 is 1.17 bits per heavy atom. The maximum atomic E-state index is 12.6. The molecule has 0 aliphatic rings. The van der Waals surface area contributed by atoms with Gasteiger partial charge in [-0.25, -0.2) is 0 Å². The molecule has 0 fully saturated rings. The minimum Gasteiger partial charge on any atom is -0.350 e. The normalized spacial score (nSPS) is 14.4. The highest BCUT2D eigenvalue weighted by atomic mass is 19.4. The van der Waals surface area contributed by atoms with E-state index in [0.717, 1.165) is 12.8 Å². The van der Waals surface area contributed by atoms with Gasteiger partial charge in [-0.05, 0) is 12.3 Å². The lowest BCUT2D eigenvalue weighted by molar-refractivity contribution is -0.269. The van der Waals surface area contributed by atoms with E-state index in [0.29, 0.717) is 12.8 Å². The van der Waals surface area contributed by atoms with Crippen molar-refractivity contribution in [2.45, 2.75) is 51.6 Å². The number of hydrogen-bond acceptors (Lipinski definition) is 1. The third-order valence-corrected chi connectivity index (χ3v) is 2.74. The fourth-order valence-electron chi connectivity index (χ4n) is 1.42. The molecule has 0 saturated heterocycles. The van der Waals surface area contributed by atoms with Crippen molar-refractivity contribution in [3.05, 3.63) is 0 Å². The molecule has 1 amide bonds. The number of nitrogens with one attached hydrogen (secondary N) is 1. The van der Waals surface area contributed by atoms with Crippen molar-refractivity contribution in [2.75, 3.05) is 6.54 Å². The third kappa shape index (κ3) is 4.78. The van der Waals surface area contributed by atoms with Crippen molar-refractivity contribution < 1.29 is 26.7 Å². The molecule has 0 aliphatic carbocycles. The largest absolute Gasteiger partial charge is 0.463 e. The molecule has 0 aromatic rings. The summed E-state index contributed by atoms with van der Waals surface area (Å²) in [6.45, 7) is 3.60. The molecule has 0 aromatic heterocycles. The van der Waals surface area contributed by atoms with Crippen molar-refractivity contribution in [3.8, 4) is 0 Å². The summed E-state index contributed by atoms with van der Waals surface area (Å²) < 4.78 is 60.8. The molecule has 18 heavy (non-hydrogen) atoms. The molecule has 1 N–H and O–H groups in total. The highest BCUT2D eigenvalue weighted by Gasteiger charge is 2.63. The first-order valence-electron chi connectivity index (χ1n) is 5.89. The number of carbonyl (C=O) groups is 1. The molecule has 0 radical (unpaired) electrons. The number of amides is 1. The van der Waals surface area contributed by atoms with Crippen LogP contribution in [-0.2, 0) is 4.79 Å². The second-order valence-electron chi connectivity index (χ2n) is 4.20. The van der Waals surface area contributed by atoms with E-state index in [2.05, 4.69) is 0 Å². The van der Waals surface area contributed by atoms with E-state index >= 15 is 0 Å². The van der Waals surface area contributed by atoms with Gasteiger partial charge in [0.1, 0.15) is 0 Å². The molecule has 0 saturated carbocycles. The molecular weight excluding hydrogens is 257 g/mol. The van der Waals surface area contributed by atoms with Crippen molar-refractivity contribution in [2.24, 2.45) is 5.92 Å². The first-order chi connectivity index (χ1) is 8.16. The number of alkyl halides is 5. The smallest absolute Gasteiger partial charge is 0.350 e. The van der Waals surface area contributed by atoms with Crippen LogP contribution >= 0.6 is 0 Å². The molecule has 0 spiro atoms. The van der Waals surface area contributed by atoms with Crippen LogP contribution in [0.2, 0.25) is 0 Å². The van der Waals surface area contributed by atoms with Gasteiger partial charge in [0, 0.05) is 6.54 Å². The van der Waals surface area contributed by atoms with Crippen LogP contribution in [0.5, 0.6) is 0 Å². The number of rotatable bonds is 7. The molecule has 0 aromatic carbocycles. The number of hydrogen-bond donors (Lipinski definition) is 1. The summed E-state index contributed by atoms with van der Waals surface area (Å²) in [5.41, 5.74) is 0. The highest BCUT2D eigenvalue weighted by molar-refractivity contribution is 5.84. The predicted molar refractivity (Wildman–Crippen MR) is 57.3 cm³/mol. The zero-order chi connectivity index (χ0) is 14.4.